The molecule has 2 aromatic carbocycles. The Morgan fingerprint density at radius 2 is 1.97 bits per heavy atom. The lowest BCUT2D eigenvalue weighted by molar-refractivity contribution is -0.188. The molecule has 1 saturated heterocycles. The maximum absolute atomic E-state index is 12.2. The Kier molecular flexibility index (Phi) is 6.22. The largest absolute Gasteiger partial charge is 0.494 e. The van der Waals surface area contributed by atoms with Crippen molar-refractivity contribution in [3.05, 3.63) is 58.7 Å². The van der Waals surface area contributed by atoms with E-state index in [0.29, 0.717) is 25.9 Å². The first-order valence-electron chi connectivity index (χ1n) is 11.6. The van der Waals surface area contributed by atoms with Gasteiger partial charge in [-0.15, -0.1) is 0 Å². The number of carboxylic acid groups (broad SMARTS) is 1. The fourth-order valence-corrected chi connectivity index (χ4v) is 5.38. The molecule has 0 bridgehead atoms. The minimum Gasteiger partial charge on any atom is -0.494 e. The van der Waals surface area contributed by atoms with E-state index < -0.39 is 17.5 Å². The summed E-state index contributed by atoms with van der Waals surface area (Å²) in [5.41, 5.74) is 3.89. The van der Waals surface area contributed by atoms with Crippen molar-refractivity contribution in [2.24, 2.45) is 11.8 Å². The van der Waals surface area contributed by atoms with E-state index in [9.17, 15) is 9.90 Å². The van der Waals surface area contributed by atoms with Gasteiger partial charge >= 0.3 is 5.97 Å². The van der Waals surface area contributed by atoms with E-state index in [0.717, 1.165) is 33.8 Å². The number of aliphatic carboxylic acids is 1. The van der Waals surface area contributed by atoms with Crippen LogP contribution in [-0.4, -0.2) is 29.4 Å². The summed E-state index contributed by atoms with van der Waals surface area (Å²) >= 11 is 0. The molecular weight excluding hydrogens is 404 g/mol. The summed E-state index contributed by atoms with van der Waals surface area (Å²) < 4.78 is 18.8. The molecule has 0 spiro atoms. The van der Waals surface area contributed by atoms with Crippen LogP contribution in [0, 0.1) is 25.7 Å². The number of fused-ring (bicyclic) bond motifs is 3. The Labute approximate surface area is 190 Å². The second-order valence-corrected chi connectivity index (χ2v) is 9.67. The predicted octanol–water partition coefficient (Wildman–Crippen LogP) is 5.65. The molecule has 0 radical (unpaired) electrons. The Morgan fingerprint density at radius 1 is 1.22 bits per heavy atom. The standard InChI is InChI=1S/C27H34O5/c1-6-30-22-10-8-7-9-18(22)11-12-23-19(26(28)29)15-21-25(31-23)20-14-16(2)13-17(3)24(20)32-27(21,4)5/h7-10,13-14,19,21,23,25H,6,11-12,15H2,1-5H3,(H,28,29)/t19-,21-,23-,25+/m0/s1. The summed E-state index contributed by atoms with van der Waals surface area (Å²) in [5.74, 6) is 0.360. The highest BCUT2D eigenvalue weighted by atomic mass is 16.5. The highest BCUT2D eigenvalue weighted by Crippen LogP contribution is 2.53. The quantitative estimate of drug-likeness (QED) is 0.631. The van der Waals surface area contributed by atoms with Gasteiger partial charge in [0.05, 0.1) is 24.7 Å². The Morgan fingerprint density at radius 3 is 2.69 bits per heavy atom. The molecule has 1 fully saturated rings. The molecule has 0 amide bonds. The van der Waals surface area contributed by atoms with E-state index >= 15 is 0 Å². The highest BCUT2D eigenvalue weighted by molar-refractivity contribution is 5.71. The van der Waals surface area contributed by atoms with Crippen LogP contribution in [0.25, 0.3) is 0 Å². The zero-order valence-electron chi connectivity index (χ0n) is 19.7. The molecule has 2 aromatic rings. The number of carboxylic acids is 1. The molecule has 2 heterocycles. The first-order chi connectivity index (χ1) is 15.2. The number of ether oxygens (including phenoxy) is 3. The maximum atomic E-state index is 12.2. The van der Waals surface area contributed by atoms with Gasteiger partial charge in [-0.05, 0) is 77.1 Å². The summed E-state index contributed by atoms with van der Waals surface area (Å²) in [4.78, 5) is 12.2. The molecule has 172 valence electrons. The lowest BCUT2D eigenvalue weighted by Crippen LogP contribution is -2.52. The van der Waals surface area contributed by atoms with E-state index in [1.54, 1.807) is 0 Å². The van der Waals surface area contributed by atoms with Crippen molar-refractivity contribution in [1.29, 1.82) is 0 Å². The number of aryl methyl sites for hydroxylation is 3. The van der Waals surface area contributed by atoms with Crippen molar-refractivity contribution < 1.29 is 24.1 Å². The molecule has 5 nitrogen and oxygen atoms in total. The van der Waals surface area contributed by atoms with Crippen LogP contribution in [0.3, 0.4) is 0 Å². The van der Waals surface area contributed by atoms with Gasteiger partial charge in [-0.3, -0.25) is 4.79 Å². The van der Waals surface area contributed by atoms with Crippen LogP contribution >= 0.6 is 0 Å². The van der Waals surface area contributed by atoms with Crippen molar-refractivity contribution in [3.8, 4) is 11.5 Å². The Bertz CT molecular complexity index is 996. The zero-order valence-corrected chi connectivity index (χ0v) is 19.7. The summed E-state index contributed by atoms with van der Waals surface area (Å²) in [5, 5.41) is 10.0. The first-order valence-corrected chi connectivity index (χ1v) is 11.6. The minimum absolute atomic E-state index is 0.0238. The van der Waals surface area contributed by atoms with Crippen LogP contribution < -0.4 is 9.47 Å². The third kappa shape index (κ3) is 4.23. The van der Waals surface area contributed by atoms with Crippen LogP contribution in [0.4, 0.5) is 0 Å². The topological polar surface area (TPSA) is 65.0 Å². The van der Waals surface area contributed by atoms with Gasteiger partial charge in [0.1, 0.15) is 17.1 Å². The average Bonchev–Trinajstić information content (AvgIpc) is 2.73. The molecule has 1 N–H and O–H groups in total. The maximum Gasteiger partial charge on any atom is 0.309 e. The molecule has 0 aromatic heterocycles. The SMILES string of the molecule is CCOc1ccccc1CC[C@@H]1O[C@@H]2c3cc(C)cc(C)c3OC(C)(C)[C@H]2C[C@@H]1C(=O)O. The van der Waals surface area contributed by atoms with Crippen LogP contribution in [0.2, 0.25) is 0 Å². The molecule has 4 rings (SSSR count). The summed E-state index contributed by atoms with van der Waals surface area (Å²) in [6.45, 7) is 10.8. The van der Waals surface area contributed by atoms with Crippen molar-refractivity contribution in [3.63, 3.8) is 0 Å². The normalized spacial score (nSPS) is 25.9. The number of benzene rings is 2. The molecule has 0 aliphatic carbocycles. The molecule has 4 atom stereocenters. The average molecular weight is 439 g/mol. The van der Waals surface area contributed by atoms with Crippen LogP contribution in [0.1, 0.15) is 62.0 Å². The van der Waals surface area contributed by atoms with Gasteiger partial charge < -0.3 is 19.3 Å². The van der Waals surface area contributed by atoms with Crippen molar-refractivity contribution >= 4 is 5.97 Å². The van der Waals surface area contributed by atoms with E-state index in [2.05, 4.69) is 26.0 Å². The molecule has 2 aliphatic rings. The van der Waals surface area contributed by atoms with Crippen molar-refractivity contribution in [2.45, 2.75) is 71.7 Å². The fourth-order valence-electron chi connectivity index (χ4n) is 5.38. The summed E-state index contributed by atoms with van der Waals surface area (Å²) in [6, 6.07) is 12.2. The third-order valence-electron chi connectivity index (χ3n) is 6.94. The van der Waals surface area contributed by atoms with Crippen LogP contribution in [0.15, 0.2) is 36.4 Å². The predicted molar refractivity (Wildman–Crippen MR) is 123 cm³/mol. The third-order valence-corrected chi connectivity index (χ3v) is 6.94. The second-order valence-electron chi connectivity index (χ2n) is 9.67. The van der Waals surface area contributed by atoms with Gasteiger partial charge in [-0.1, -0.05) is 29.8 Å². The molecule has 0 unspecified atom stereocenters. The molecule has 2 aliphatic heterocycles. The van der Waals surface area contributed by atoms with Gasteiger partial charge in [0.15, 0.2) is 0 Å². The van der Waals surface area contributed by atoms with Crippen molar-refractivity contribution in [2.75, 3.05) is 6.61 Å². The highest BCUT2D eigenvalue weighted by Gasteiger charge is 2.52. The summed E-state index contributed by atoms with van der Waals surface area (Å²) in [6.07, 6.45) is 1.34. The lowest BCUT2D eigenvalue weighted by atomic mass is 9.71. The fraction of sp³-hybridized carbons (Fsp3) is 0.519. The van der Waals surface area contributed by atoms with E-state index in [1.807, 2.05) is 45.0 Å². The molecule has 32 heavy (non-hydrogen) atoms. The summed E-state index contributed by atoms with van der Waals surface area (Å²) in [7, 11) is 0. The Hall–Kier alpha value is -2.53. The zero-order chi connectivity index (χ0) is 23.0. The number of hydrogen-bond donors (Lipinski definition) is 1. The number of para-hydroxylation sites is 1. The van der Waals surface area contributed by atoms with Crippen molar-refractivity contribution in [1.82, 2.24) is 0 Å². The van der Waals surface area contributed by atoms with Crippen LogP contribution in [0.5, 0.6) is 11.5 Å². The molecule has 0 saturated carbocycles. The van der Waals surface area contributed by atoms with Crippen LogP contribution in [-0.2, 0) is 16.0 Å². The first kappa shape index (κ1) is 22.7. The number of hydrogen-bond acceptors (Lipinski definition) is 4. The minimum atomic E-state index is -0.798. The molecule has 5 heteroatoms. The van der Waals surface area contributed by atoms with E-state index in [-0.39, 0.29) is 18.1 Å². The van der Waals surface area contributed by atoms with Gasteiger partial charge in [0.25, 0.3) is 0 Å². The number of carbonyl (C=O) groups is 1. The van der Waals surface area contributed by atoms with Gasteiger partial charge in [-0.25, -0.2) is 0 Å². The Balaban J connectivity index is 1.64. The smallest absolute Gasteiger partial charge is 0.309 e. The van der Waals surface area contributed by atoms with Gasteiger partial charge in [-0.2, -0.15) is 0 Å². The van der Waals surface area contributed by atoms with E-state index in [1.165, 1.54) is 0 Å². The number of rotatable bonds is 6. The van der Waals surface area contributed by atoms with Gasteiger partial charge in [0, 0.05) is 11.5 Å². The second kappa shape index (κ2) is 8.78. The monoisotopic (exact) mass is 438 g/mol. The van der Waals surface area contributed by atoms with Gasteiger partial charge in [0.2, 0.25) is 0 Å². The van der Waals surface area contributed by atoms with E-state index in [4.69, 9.17) is 14.2 Å². The molecular formula is C27H34O5. The lowest BCUT2D eigenvalue weighted by Gasteiger charge is -2.50.